The molecule has 1 N–H and O–H groups in total. The van der Waals surface area contributed by atoms with E-state index in [9.17, 15) is 0 Å². The van der Waals surface area contributed by atoms with Gasteiger partial charge in [0.2, 0.25) is 0 Å². The second-order valence-electron chi connectivity index (χ2n) is 5.33. The Balaban J connectivity index is 1.99. The van der Waals surface area contributed by atoms with Crippen LogP contribution >= 0.6 is 8.07 Å². The van der Waals surface area contributed by atoms with Crippen molar-refractivity contribution in [3.8, 4) is 0 Å². The van der Waals surface area contributed by atoms with Crippen molar-refractivity contribution in [2.75, 3.05) is 13.2 Å². The minimum atomic E-state index is -0.184. The third kappa shape index (κ3) is 4.16. The third-order valence-electron chi connectivity index (χ3n) is 3.49. The van der Waals surface area contributed by atoms with E-state index in [1.165, 1.54) is 28.3 Å². The third-order valence-corrected chi connectivity index (χ3v) is 5.00. The zero-order chi connectivity index (χ0) is 14.4. The van der Waals surface area contributed by atoms with E-state index in [1.807, 2.05) is 0 Å². The summed E-state index contributed by atoms with van der Waals surface area (Å²) in [5.41, 5.74) is 2.77. The van der Waals surface area contributed by atoms with E-state index < -0.39 is 0 Å². The summed E-state index contributed by atoms with van der Waals surface area (Å²) in [4.78, 5) is 0. The molecule has 0 fully saturated rings. The molecule has 1 atom stereocenters. The van der Waals surface area contributed by atoms with Crippen molar-refractivity contribution in [3.05, 3.63) is 60.2 Å². The van der Waals surface area contributed by atoms with Gasteiger partial charge in [0.15, 0.2) is 0 Å². The highest BCUT2D eigenvalue weighted by atomic mass is 31.1. The number of hydrogen-bond donors (Lipinski definition) is 1. The Morgan fingerprint density at radius 3 is 2.70 bits per heavy atom. The maximum Gasteiger partial charge on any atom is 0.0198 e. The van der Waals surface area contributed by atoms with Gasteiger partial charge in [-0.2, -0.15) is 0 Å². The van der Waals surface area contributed by atoms with Crippen molar-refractivity contribution >= 4 is 18.8 Å². The van der Waals surface area contributed by atoms with Crippen molar-refractivity contribution in [2.45, 2.75) is 25.9 Å². The van der Waals surface area contributed by atoms with Crippen molar-refractivity contribution in [1.29, 1.82) is 0 Å². The number of benzene rings is 2. The number of hydrogen-bond acceptors (Lipinski definition) is 1. The molecule has 106 valence electrons. The van der Waals surface area contributed by atoms with E-state index in [0.717, 1.165) is 19.1 Å². The van der Waals surface area contributed by atoms with E-state index in [1.54, 1.807) is 0 Å². The van der Waals surface area contributed by atoms with Crippen LogP contribution in [-0.2, 0) is 6.16 Å². The molecule has 20 heavy (non-hydrogen) atoms. The maximum atomic E-state index is 4.12. The molecule has 0 saturated carbocycles. The molecule has 2 heteroatoms. The maximum absolute atomic E-state index is 4.12. The summed E-state index contributed by atoms with van der Waals surface area (Å²) in [5.74, 6) is 0. The Morgan fingerprint density at radius 2 is 1.90 bits per heavy atom. The number of nitrogens with one attached hydrogen (secondary N) is 1. The Labute approximate surface area is 123 Å². The predicted molar refractivity (Wildman–Crippen MR) is 92.5 cm³/mol. The van der Waals surface area contributed by atoms with Crippen LogP contribution in [0, 0.1) is 0 Å². The van der Waals surface area contributed by atoms with E-state index in [-0.39, 0.29) is 8.07 Å². The molecule has 0 radical (unpaired) electrons. The summed E-state index contributed by atoms with van der Waals surface area (Å²) in [7, 11) is -0.184. The molecule has 0 aliphatic rings. The number of rotatable bonds is 7. The molecule has 0 aliphatic carbocycles. The minimum absolute atomic E-state index is 0.184. The zero-order valence-electron chi connectivity index (χ0n) is 12.5. The van der Waals surface area contributed by atoms with Gasteiger partial charge in [-0.25, -0.2) is 0 Å². The van der Waals surface area contributed by atoms with Gasteiger partial charge in [-0.3, -0.25) is 5.09 Å². The zero-order valence-corrected chi connectivity index (χ0v) is 13.4. The molecule has 0 aliphatic heterocycles. The summed E-state index contributed by atoms with van der Waals surface area (Å²) < 4.78 is 0. The molecule has 1 unspecified atom stereocenters. The average molecular weight is 285 g/mol. The Hall–Kier alpha value is -1.17. The first-order valence-corrected chi connectivity index (χ1v) is 9.26. The first kappa shape index (κ1) is 15.2. The highest BCUT2D eigenvalue weighted by Crippen LogP contribution is 2.33. The van der Waals surface area contributed by atoms with Crippen LogP contribution in [0.2, 0.25) is 0 Å². The van der Waals surface area contributed by atoms with Crippen LogP contribution in [0.4, 0.5) is 0 Å². The Bertz CT molecular complexity index is 571. The van der Waals surface area contributed by atoms with Crippen molar-refractivity contribution < 1.29 is 0 Å². The first-order chi connectivity index (χ1) is 9.70. The molecule has 0 saturated heterocycles. The highest BCUT2D eigenvalue weighted by Gasteiger charge is 2.06. The SMILES string of the molecule is C=C(CCC)CNP(C)Cc1cccc2ccccc12. The minimum Gasteiger partial charge on any atom is -0.292 e. The summed E-state index contributed by atoms with van der Waals surface area (Å²) in [5, 5.41) is 6.37. The van der Waals surface area contributed by atoms with E-state index in [2.05, 4.69) is 67.7 Å². The fraction of sp³-hybridized carbons (Fsp3) is 0.333. The molecule has 0 amide bonds. The second-order valence-corrected chi connectivity index (χ2v) is 7.36. The standard InChI is InChI=1S/C18H24NP/c1-4-8-15(2)13-19-20(3)14-17-11-7-10-16-9-5-6-12-18(16)17/h5-7,9-12,19H,2,4,8,13-14H2,1,3H3. The summed E-state index contributed by atoms with van der Waals surface area (Å²) in [6.07, 6.45) is 3.44. The second kappa shape index (κ2) is 7.57. The van der Waals surface area contributed by atoms with E-state index >= 15 is 0 Å². The van der Waals surface area contributed by atoms with Gasteiger partial charge in [-0.15, -0.1) is 0 Å². The average Bonchev–Trinajstić information content (AvgIpc) is 2.46. The van der Waals surface area contributed by atoms with Gasteiger partial charge in [-0.05, 0) is 37.5 Å². The Kier molecular flexibility index (Phi) is 5.76. The lowest BCUT2D eigenvalue weighted by Crippen LogP contribution is -2.11. The highest BCUT2D eigenvalue weighted by molar-refractivity contribution is 7.53. The Morgan fingerprint density at radius 1 is 1.15 bits per heavy atom. The molecule has 2 aromatic carbocycles. The van der Waals surface area contributed by atoms with E-state index in [0.29, 0.717) is 0 Å². The van der Waals surface area contributed by atoms with Gasteiger partial charge in [-0.1, -0.05) is 68.0 Å². The predicted octanol–water partition coefficient (Wildman–Crippen LogP) is 5.31. The van der Waals surface area contributed by atoms with Crippen LogP contribution in [0.3, 0.4) is 0 Å². The van der Waals surface area contributed by atoms with Gasteiger partial charge < -0.3 is 0 Å². The van der Waals surface area contributed by atoms with Crippen molar-refractivity contribution in [1.82, 2.24) is 5.09 Å². The fourth-order valence-electron chi connectivity index (χ4n) is 2.43. The molecular formula is C18H24NP. The van der Waals surface area contributed by atoms with Crippen molar-refractivity contribution in [3.63, 3.8) is 0 Å². The van der Waals surface area contributed by atoms with Gasteiger partial charge in [0.25, 0.3) is 0 Å². The smallest absolute Gasteiger partial charge is 0.0198 e. The lowest BCUT2D eigenvalue weighted by Gasteiger charge is -2.16. The topological polar surface area (TPSA) is 12.0 Å². The van der Waals surface area contributed by atoms with E-state index in [4.69, 9.17) is 0 Å². The molecule has 2 aromatic rings. The van der Waals surface area contributed by atoms with Crippen LogP contribution in [0.15, 0.2) is 54.6 Å². The normalized spacial score (nSPS) is 12.5. The lowest BCUT2D eigenvalue weighted by atomic mass is 10.1. The number of fused-ring (bicyclic) bond motifs is 1. The van der Waals surface area contributed by atoms with Crippen LogP contribution < -0.4 is 5.09 Å². The van der Waals surface area contributed by atoms with Crippen molar-refractivity contribution in [2.24, 2.45) is 0 Å². The molecular weight excluding hydrogens is 261 g/mol. The first-order valence-electron chi connectivity index (χ1n) is 7.28. The fourth-order valence-corrected chi connectivity index (χ4v) is 3.82. The monoisotopic (exact) mass is 285 g/mol. The molecule has 1 nitrogen and oxygen atoms in total. The summed E-state index contributed by atoms with van der Waals surface area (Å²) in [6.45, 7) is 9.60. The lowest BCUT2D eigenvalue weighted by molar-refractivity contribution is 0.857. The molecule has 0 heterocycles. The molecule has 0 bridgehead atoms. The van der Waals surface area contributed by atoms with Crippen LogP contribution in [-0.4, -0.2) is 13.2 Å². The summed E-state index contributed by atoms with van der Waals surface area (Å²) in [6, 6.07) is 15.2. The largest absolute Gasteiger partial charge is 0.292 e. The molecule has 0 aromatic heterocycles. The summed E-state index contributed by atoms with van der Waals surface area (Å²) >= 11 is 0. The van der Waals surface area contributed by atoms with Gasteiger partial charge in [0.05, 0.1) is 0 Å². The van der Waals surface area contributed by atoms with Gasteiger partial charge in [0.1, 0.15) is 0 Å². The van der Waals surface area contributed by atoms with Crippen LogP contribution in [0.1, 0.15) is 25.3 Å². The quantitative estimate of drug-likeness (QED) is 0.537. The van der Waals surface area contributed by atoms with Crippen LogP contribution in [0.25, 0.3) is 10.8 Å². The van der Waals surface area contributed by atoms with Gasteiger partial charge >= 0.3 is 0 Å². The molecule has 2 rings (SSSR count). The molecule has 0 spiro atoms. The van der Waals surface area contributed by atoms with Gasteiger partial charge in [0, 0.05) is 12.7 Å². The van der Waals surface area contributed by atoms with Crippen LogP contribution in [0.5, 0.6) is 0 Å².